The van der Waals surface area contributed by atoms with E-state index in [1.165, 1.54) is 4.90 Å². The number of ether oxygens (including phenoxy) is 2. The molecule has 1 aromatic heterocycles. The molecule has 0 saturated heterocycles. The smallest absolute Gasteiger partial charge is 0.183 e. The Bertz CT molecular complexity index is 502. The number of methoxy groups -OCH3 is 2. The van der Waals surface area contributed by atoms with Gasteiger partial charge in [-0.15, -0.1) is 11.8 Å². The van der Waals surface area contributed by atoms with Crippen molar-refractivity contribution in [2.75, 3.05) is 14.2 Å². The van der Waals surface area contributed by atoms with Gasteiger partial charge in [0.25, 0.3) is 0 Å². The lowest BCUT2D eigenvalue weighted by molar-refractivity contribution is 0.350. The average Bonchev–Trinajstić information content (AvgIpc) is 2.45. The second kappa shape index (κ2) is 6.31. The van der Waals surface area contributed by atoms with Crippen molar-refractivity contribution in [2.24, 2.45) is 0 Å². The van der Waals surface area contributed by atoms with Gasteiger partial charge in [0.2, 0.25) is 0 Å². The summed E-state index contributed by atoms with van der Waals surface area (Å²) in [6, 6.07) is 12.0. The number of nitrogens with zero attached hydrogens (tertiary/aromatic N) is 1. The summed E-state index contributed by atoms with van der Waals surface area (Å²) >= 11 is 1.72. The molecule has 0 fully saturated rings. The highest BCUT2D eigenvalue weighted by Gasteiger charge is 2.10. The predicted octanol–water partition coefficient (Wildman–Crippen LogP) is 3.39. The predicted molar refractivity (Wildman–Crippen MR) is 73.3 cm³/mol. The van der Waals surface area contributed by atoms with Gasteiger partial charge in [-0.2, -0.15) is 0 Å². The first kappa shape index (κ1) is 12.8. The summed E-state index contributed by atoms with van der Waals surface area (Å²) in [5, 5.41) is 0. The largest absolute Gasteiger partial charge is 0.493 e. The summed E-state index contributed by atoms with van der Waals surface area (Å²) in [4.78, 5) is 5.56. The maximum absolute atomic E-state index is 5.35. The highest BCUT2D eigenvalue weighted by molar-refractivity contribution is 7.98. The number of thioether (sulfide) groups is 1. The van der Waals surface area contributed by atoms with Crippen LogP contribution < -0.4 is 9.47 Å². The molecule has 0 aliphatic carbocycles. The standard InChI is InChI=1S/C14H15NO2S/c1-16-13-8-9-15-12(14(13)17-2)10-18-11-6-4-3-5-7-11/h3-9H,10H2,1-2H3. The Kier molecular flexibility index (Phi) is 4.47. The molecule has 0 aliphatic heterocycles. The Morgan fingerprint density at radius 1 is 1.06 bits per heavy atom. The molecule has 0 amide bonds. The van der Waals surface area contributed by atoms with E-state index in [0.29, 0.717) is 5.75 Å². The lowest BCUT2D eigenvalue weighted by atomic mass is 10.3. The van der Waals surface area contributed by atoms with Gasteiger partial charge < -0.3 is 9.47 Å². The minimum absolute atomic E-state index is 0.712. The normalized spacial score (nSPS) is 10.1. The molecule has 0 radical (unpaired) electrons. The van der Waals surface area contributed by atoms with Crippen LogP contribution in [0.5, 0.6) is 11.5 Å². The Hall–Kier alpha value is -1.68. The summed E-state index contributed by atoms with van der Waals surface area (Å²) in [5.74, 6) is 2.18. The Balaban J connectivity index is 2.14. The third-order valence-corrected chi connectivity index (χ3v) is 3.51. The molecule has 0 aliphatic rings. The number of rotatable bonds is 5. The molecule has 2 aromatic rings. The minimum atomic E-state index is 0.712. The molecule has 0 spiro atoms. The van der Waals surface area contributed by atoms with Gasteiger partial charge in [0.1, 0.15) is 0 Å². The van der Waals surface area contributed by atoms with Crippen molar-refractivity contribution in [3.63, 3.8) is 0 Å². The fraction of sp³-hybridized carbons (Fsp3) is 0.214. The summed E-state index contributed by atoms with van der Waals surface area (Å²) in [5.41, 5.74) is 0.894. The van der Waals surface area contributed by atoms with E-state index in [9.17, 15) is 0 Å². The zero-order chi connectivity index (χ0) is 12.8. The quantitative estimate of drug-likeness (QED) is 0.772. The van der Waals surface area contributed by atoms with E-state index in [1.807, 2.05) is 18.2 Å². The molecule has 1 aromatic carbocycles. The number of benzene rings is 1. The summed E-state index contributed by atoms with van der Waals surface area (Å²) in [7, 11) is 3.27. The molecule has 0 saturated carbocycles. The number of hydrogen-bond acceptors (Lipinski definition) is 4. The Morgan fingerprint density at radius 2 is 1.83 bits per heavy atom. The van der Waals surface area contributed by atoms with Gasteiger partial charge in [-0.05, 0) is 12.1 Å². The van der Waals surface area contributed by atoms with E-state index in [-0.39, 0.29) is 0 Å². The SMILES string of the molecule is COc1ccnc(CSc2ccccc2)c1OC. The third kappa shape index (κ3) is 2.96. The molecular formula is C14H15NO2S. The zero-order valence-electron chi connectivity index (χ0n) is 10.4. The van der Waals surface area contributed by atoms with E-state index >= 15 is 0 Å². The zero-order valence-corrected chi connectivity index (χ0v) is 11.2. The second-order valence-corrected chi connectivity index (χ2v) is 4.64. The molecule has 0 N–H and O–H groups in total. The van der Waals surface area contributed by atoms with Gasteiger partial charge in [-0.3, -0.25) is 4.98 Å². The molecule has 18 heavy (non-hydrogen) atoms. The first-order valence-corrected chi connectivity index (χ1v) is 6.57. The van der Waals surface area contributed by atoms with Crippen LogP contribution in [0.4, 0.5) is 0 Å². The van der Waals surface area contributed by atoms with Crippen LogP contribution >= 0.6 is 11.8 Å². The molecule has 3 nitrogen and oxygen atoms in total. The monoisotopic (exact) mass is 261 g/mol. The highest BCUT2D eigenvalue weighted by atomic mass is 32.2. The lowest BCUT2D eigenvalue weighted by Crippen LogP contribution is -1.97. The first-order chi connectivity index (χ1) is 8.85. The molecule has 1 heterocycles. The van der Waals surface area contributed by atoms with Gasteiger partial charge >= 0.3 is 0 Å². The van der Waals surface area contributed by atoms with Gasteiger partial charge in [-0.1, -0.05) is 18.2 Å². The van der Waals surface area contributed by atoms with Crippen molar-refractivity contribution in [3.8, 4) is 11.5 Å². The van der Waals surface area contributed by atoms with Crippen LogP contribution in [0.2, 0.25) is 0 Å². The molecule has 0 unspecified atom stereocenters. The third-order valence-electron chi connectivity index (χ3n) is 2.48. The van der Waals surface area contributed by atoms with E-state index in [1.54, 1.807) is 38.2 Å². The molecule has 0 atom stereocenters. The van der Waals surface area contributed by atoms with Crippen LogP contribution in [0.15, 0.2) is 47.5 Å². The van der Waals surface area contributed by atoms with Crippen LogP contribution in [0, 0.1) is 0 Å². The summed E-state index contributed by atoms with van der Waals surface area (Å²) < 4.78 is 10.6. The van der Waals surface area contributed by atoms with Crippen molar-refractivity contribution in [1.82, 2.24) is 4.98 Å². The fourth-order valence-corrected chi connectivity index (χ4v) is 2.48. The summed E-state index contributed by atoms with van der Waals surface area (Å²) in [6.45, 7) is 0. The molecule has 4 heteroatoms. The van der Waals surface area contributed by atoms with Crippen molar-refractivity contribution in [2.45, 2.75) is 10.6 Å². The van der Waals surface area contributed by atoms with E-state index in [2.05, 4.69) is 17.1 Å². The fourth-order valence-electron chi connectivity index (χ4n) is 1.62. The minimum Gasteiger partial charge on any atom is -0.493 e. The average molecular weight is 261 g/mol. The van der Waals surface area contributed by atoms with Crippen molar-refractivity contribution >= 4 is 11.8 Å². The Morgan fingerprint density at radius 3 is 2.50 bits per heavy atom. The van der Waals surface area contributed by atoms with Gasteiger partial charge in [0, 0.05) is 22.9 Å². The number of pyridine rings is 1. The van der Waals surface area contributed by atoms with Crippen molar-refractivity contribution in [1.29, 1.82) is 0 Å². The van der Waals surface area contributed by atoms with Crippen LogP contribution in [0.1, 0.15) is 5.69 Å². The highest BCUT2D eigenvalue weighted by Crippen LogP contribution is 2.33. The lowest BCUT2D eigenvalue weighted by Gasteiger charge is -2.11. The molecule has 0 bridgehead atoms. The topological polar surface area (TPSA) is 31.4 Å². The Labute approximate surface area is 111 Å². The number of aromatic nitrogens is 1. The van der Waals surface area contributed by atoms with Gasteiger partial charge in [-0.25, -0.2) is 0 Å². The summed E-state index contributed by atoms with van der Waals surface area (Å²) in [6.07, 6.45) is 1.74. The second-order valence-electron chi connectivity index (χ2n) is 3.59. The van der Waals surface area contributed by atoms with E-state index in [4.69, 9.17) is 9.47 Å². The van der Waals surface area contributed by atoms with Crippen molar-refractivity contribution < 1.29 is 9.47 Å². The van der Waals surface area contributed by atoms with Crippen LogP contribution in [-0.2, 0) is 5.75 Å². The molecular weight excluding hydrogens is 246 g/mol. The maximum atomic E-state index is 5.35. The van der Waals surface area contributed by atoms with Crippen LogP contribution in [0.3, 0.4) is 0 Å². The molecule has 94 valence electrons. The maximum Gasteiger partial charge on any atom is 0.183 e. The van der Waals surface area contributed by atoms with Crippen LogP contribution in [-0.4, -0.2) is 19.2 Å². The van der Waals surface area contributed by atoms with Gasteiger partial charge in [0.05, 0.1) is 19.9 Å². The number of hydrogen-bond donors (Lipinski definition) is 0. The van der Waals surface area contributed by atoms with Crippen molar-refractivity contribution in [3.05, 3.63) is 48.3 Å². The molecule has 2 rings (SSSR count). The van der Waals surface area contributed by atoms with E-state index in [0.717, 1.165) is 17.2 Å². The van der Waals surface area contributed by atoms with Crippen LogP contribution in [0.25, 0.3) is 0 Å². The van der Waals surface area contributed by atoms with Gasteiger partial charge in [0.15, 0.2) is 11.5 Å². The van der Waals surface area contributed by atoms with E-state index < -0.39 is 0 Å². The first-order valence-electron chi connectivity index (χ1n) is 5.59.